The van der Waals surface area contributed by atoms with Crippen LogP contribution in [0, 0.1) is 6.92 Å². The van der Waals surface area contributed by atoms with Crippen LogP contribution in [0.15, 0.2) is 58.4 Å². The van der Waals surface area contributed by atoms with Gasteiger partial charge in [0.1, 0.15) is 5.75 Å². The number of para-hydroxylation sites is 1. The van der Waals surface area contributed by atoms with E-state index >= 15 is 0 Å². The first-order chi connectivity index (χ1) is 11.6. The molecule has 1 heterocycles. The second-order valence-corrected chi connectivity index (χ2v) is 6.46. The zero-order chi connectivity index (χ0) is 17.1. The van der Waals surface area contributed by atoms with E-state index in [-0.39, 0.29) is 5.91 Å². The van der Waals surface area contributed by atoms with Crippen molar-refractivity contribution in [3.63, 3.8) is 0 Å². The zero-order valence-electron chi connectivity index (χ0n) is 13.8. The monoisotopic (exact) mass is 338 g/mol. The lowest BCUT2D eigenvalue weighted by Gasteiger charge is -2.07. The van der Waals surface area contributed by atoms with Crippen LogP contribution in [0.25, 0.3) is 6.08 Å². The summed E-state index contributed by atoms with van der Waals surface area (Å²) in [6.45, 7) is 2.03. The molecule has 1 amide bonds. The normalized spacial score (nSPS) is 17.8. The van der Waals surface area contributed by atoms with E-state index in [4.69, 9.17) is 4.74 Å². The van der Waals surface area contributed by atoms with Gasteiger partial charge in [0, 0.05) is 12.6 Å². The third-order valence-electron chi connectivity index (χ3n) is 3.69. The second-order valence-electron chi connectivity index (χ2n) is 5.45. The number of nitrogens with zero attached hydrogens (tertiary/aromatic N) is 2. The van der Waals surface area contributed by atoms with Crippen molar-refractivity contribution in [2.75, 3.05) is 14.2 Å². The Kier molecular flexibility index (Phi) is 4.71. The first-order valence-corrected chi connectivity index (χ1v) is 8.36. The van der Waals surface area contributed by atoms with E-state index in [0.29, 0.717) is 10.1 Å². The average molecular weight is 338 g/mol. The molecule has 0 spiro atoms. The number of ether oxygens (including phenoxy) is 1. The maximum Gasteiger partial charge on any atom is 0.266 e. The first kappa shape index (κ1) is 16.3. The summed E-state index contributed by atoms with van der Waals surface area (Å²) in [6.07, 6.45) is 1.85. The predicted octanol–water partition coefficient (Wildman–Crippen LogP) is 4.24. The van der Waals surface area contributed by atoms with Crippen LogP contribution in [0.5, 0.6) is 5.75 Å². The molecule has 1 aliphatic rings. The number of amides is 1. The van der Waals surface area contributed by atoms with Gasteiger partial charge < -0.3 is 4.74 Å². The number of thioether (sulfide) groups is 1. The molecular weight excluding hydrogens is 320 g/mol. The summed E-state index contributed by atoms with van der Waals surface area (Å²) in [6, 6.07) is 15.5. The predicted molar refractivity (Wildman–Crippen MR) is 99.6 cm³/mol. The van der Waals surface area contributed by atoms with Crippen LogP contribution < -0.4 is 4.74 Å². The van der Waals surface area contributed by atoms with Crippen molar-refractivity contribution >= 4 is 34.6 Å². The van der Waals surface area contributed by atoms with Gasteiger partial charge >= 0.3 is 0 Å². The Bertz CT molecular complexity index is 826. The van der Waals surface area contributed by atoms with Crippen LogP contribution in [0.4, 0.5) is 5.69 Å². The van der Waals surface area contributed by atoms with Crippen molar-refractivity contribution in [3.8, 4) is 5.75 Å². The Morgan fingerprint density at radius 3 is 2.54 bits per heavy atom. The highest BCUT2D eigenvalue weighted by Crippen LogP contribution is 2.34. The van der Waals surface area contributed by atoms with Crippen LogP contribution in [0.3, 0.4) is 0 Å². The van der Waals surface area contributed by atoms with E-state index in [9.17, 15) is 4.79 Å². The fourth-order valence-electron chi connectivity index (χ4n) is 2.31. The van der Waals surface area contributed by atoms with Gasteiger partial charge in [0.05, 0.1) is 17.7 Å². The molecule has 0 bridgehead atoms. The number of likely N-dealkylation sites (N-methyl/N-ethyl adjacent to an activating group) is 1. The lowest BCUT2D eigenvalue weighted by Crippen LogP contribution is -2.23. The van der Waals surface area contributed by atoms with Gasteiger partial charge in [-0.3, -0.25) is 9.69 Å². The van der Waals surface area contributed by atoms with Crippen molar-refractivity contribution in [1.82, 2.24) is 4.90 Å². The molecule has 0 radical (unpaired) electrons. The minimum atomic E-state index is -0.0585. The van der Waals surface area contributed by atoms with Gasteiger partial charge in [0.2, 0.25) is 0 Å². The van der Waals surface area contributed by atoms with Gasteiger partial charge in [-0.05, 0) is 43.0 Å². The van der Waals surface area contributed by atoms with Crippen LogP contribution in [-0.4, -0.2) is 30.1 Å². The molecule has 2 aromatic carbocycles. The number of hydrogen-bond donors (Lipinski definition) is 0. The van der Waals surface area contributed by atoms with E-state index in [2.05, 4.69) is 4.99 Å². The smallest absolute Gasteiger partial charge is 0.266 e. The molecule has 24 heavy (non-hydrogen) atoms. The molecule has 0 aromatic heterocycles. The molecule has 0 unspecified atom stereocenters. The van der Waals surface area contributed by atoms with Gasteiger partial charge in [0.15, 0.2) is 5.17 Å². The van der Waals surface area contributed by atoms with E-state index in [1.807, 2.05) is 61.5 Å². The second kappa shape index (κ2) is 6.93. The summed E-state index contributed by atoms with van der Waals surface area (Å²) in [5.41, 5.74) is 2.89. The van der Waals surface area contributed by atoms with Crippen molar-refractivity contribution in [1.29, 1.82) is 0 Å². The molecule has 1 fully saturated rings. The molecule has 3 rings (SSSR count). The Morgan fingerprint density at radius 1 is 1.12 bits per heavy atom. The molecule has 5 heteroatoms. The van der Waals surface area contributed by atoms with Crippen LogP contribution >= 0.6 is 11.8 Å². The number of benzene rings is 2. The Morgan fingerprint density at radius 2 is 1.83 bits per heavy atom. The standard InChI is InChI=1S/C19H18N2O2S/c1-13-8-10-15(11-9-13)20-19-21(2)18(22)17(24-19)12-14-6-4-5-7-16(14)23-3/h4-12H,1-3H3/b17-12+,20-19?. The first-order valence-electron chi connectivity index (χ1n) is 7.54. The average Bonchev–Trinajstić information content (AvgIpc) is 2.85. The fraction of sp³-hybridized carbons (Fsp3) is 0.158. The number of methoxy groups -OCH3 is 1. The summed E-state index contributed by atoms with van der Waals surface area (Å²) in [5.74, 6) is 0.682. The topological polar surface area (TPSA) is 41.9 Å². The van der Waals surface area contributed by atoms with E-state index in [1.165, 1.54) is 17.3 Å². The molecule has 2 aromatic rings. The van der Waals surface area contributed by atoms with Crippen molar-refractivity contribution in [2.45, 2.75) is 6.92 Å². The van der Waals surface area contributed by atoms with Crippen LogP contribution in [0.1, 0.15) is 11.1 Å². The van der Waals surface area contributed by atoms with Gasteiger partial charge in [0.25, 0.3) is 5.91 Å². The van der Waals surface area contributed by atoms with E-state index in [1.54, 1.807) is 19.1 Å². The molecule has 0 saturated carbocycles. The Balaban J connectivity index is 1.91. The Labute approximate surface area is 145 Å². The quantitative estimate of drug-likeness (QED) is 0.786. The molecule has 0 N–H and O–H groups in total. The lowest BCUT2D eigenvalue weighted by molar-refractivity contribution is -0.121. The molecule has 0 atom stereocenters. The number of carbonyl (C=O) groups excluding carboxylic acids is 1. The van der Waals surface area contributed by atoms with E-state index < -0.39 is 0 Å². The highest BCUT2D eigenvalue weighted by molar-refractivity contribution is 8.18. The summed E-state index contributed by atoms with van der Waals surface area (Å²) < 4.78 is 5.34. The maximum atomic E-state index is 12.5. The molecular formula is C19H18N2O2S. The van der Waals surface area contributed by atoms with Gasteiger partial charge in [-0.2, -0.15) is 0 Å². The van der Waals surface area contributed by atoms with Crippen LogP contribution in [0.2, 0.25) is 0 Å². The number of aryl methyl sites for hydroxylation is 1. The van der Waals surface area contributed by atoms with Crippen LogP contribution in [-0.2, 0) is 4.79 Å². The largest absolute Gasteiger partial charge is 0.496 e. The number of aliphatic imine (C=N–C) groups is 1. The van der Waals surface area contributed by atoms with Gasteiger partial charge in [-0.15, -0.1) is 0 Å². The minimum Gasteiger partial charge on any atom is -0.496 e. The zero-order valence-corrected chi connectivity index (χ0v) is 14.6. The summed E-state index contributed by atoms with van der Waals surface area (Å²) in [7, 11) is 3.36. The molecule has 0 aliphatic carbocycles. The summed E-state index contributed by atoms with van der Waals surface area (Å²) in [5, 5.41) is 0.671. The van der Waals surface area contributed by atoms with Gasteiger partial charge in [-0.1, -0.05) is 35.9 Å². The Hall–Kier alpha value is -2.53. The van der Waals surface area contributed by atoms with Gasteiger partial charge in [-0.25, -0.2) is 4.99 Å². The fourth-order valence-corrected chi connectivity index (χ4v) is 3.29. The third kappa shape index (κ3) is 3.36. The van der Waals surface area contributed by atoms with Crippen molar-refractivity contribution < 1.29 is 9.53 Å². The van der Waals surface area contributed by atoms with Crippen molar-refractivity contribution in [3.05, 3.63) is 64.6 Å². The number of carbonyl (C=O) groups is 1. The molecule has 1 aliphatic heterocycles. The summed E-state index contributed by atoms with van der Waals surface area (Å²) >= 11 is 1.37. The third-order valence-corrected chi connectivity index (χ3v) is 4.75. The number of amidine groups is 1. The summed E-state index contributed by atoms with van der Waals surface area (Å²) in [4.78, 5) is 19.3. The minimum absolute atomic E-state index is 0.0585. The molecule has 122 valence electrons. The SMILES string of the molecule is COc1ccccc1/C=C1/SC(=Nc2ccc(C)cc2)N(C)C1=O. The molecule has 1 saturated heterocycles. The van der Waals surface area contributed by atoms with E-state index in [0.717, 1.165) is 17.0 Å². The maximum absolute atomic E-state index is 12.5. The number of rotatable bonds is 3. The highest BCUT2D eigenvalue weighted by atomic mass is 32.2. The lowest BCUT2D eigenvalue weighted by atomic mass is 10.2. The molecule has 4 nitrogen and oxygen atoms in total. The number of hydrogen-bond acceptors (Lipinski definition) is 4. The van der Waals surface area contributed by atoms with Crippen molar-refractivity contribution in [2.24, 2.45) is 4.99 Å². The highest BCUT2D eigenvalue weighted by Gasteiger charge is 2.30.